The van der Waals surface area contributed by atoms with E-state index in [0.29, 0.717) is 6.04 Å². The fraction of sp³-hybridized carbons (Fsp3) is 0.714. The second-order valence-electron chi connectivity index (χ2n) is 7.85. The van der Waals surface area contributed by atoms with Crippen molar-refractivity contribution in [2.75, 3.05) is 31.1 Å². The molecule has 2 nitrogen and oxygen atoms in total. The lowest BCUT2D eigenvalue weighted by molar-refractivity contribution is 0.201. The van der Waals surface area contributed by atoms with Crippen LogP contribution in [0.4, 0.5) is 5.69 Å². The molecule has 1 unspecified atom stereocenters. The van der Waals surface area contributed by atoms with E-state index in [1.54, 1.807) is 0 Å². The van der Waals surface area contributed by atoms with Crippen LogP contribution in [0.3, 0.4) is 0 Å². The maximum absolute atomic E-state index is 2.71. The fourth-order valence-electron chi connectivity index (χ4n) is 4.48. The number of hydrogen-bond acceptors (Lipinski definition) is 2. The first-order valence-electron chi connectivity index (χ1n) is 9.70. The number of piperazine rings is 1. The van der Waals surface area contributed by atoms with E-state index >= 15 is 0 Å². The van der Waals surface area contributed by atoms with Crippen molar-refractivity contribution in [2.45, 2.75) is 65.3 Å². The van der Waals surface area contributed by atoms with Gasteiger partial charge in [-0.25, -0.2) is 0 Å². The maximum atomic E-state index is 2.71. The Morgan fingerprint density at radius 3 is 2.57 bits per heavy atom. The highest BCUT2D eigenvalue weighted by Crippen LogP contribution is 2.28. The molecule has 1 aromatic carbocycles. The Labute approximate surface area is 142 Å². The van der Waals surface area contributed by atoms with Gasteiger partial charge in [0.2, 0.25) is 0 Å². The minimum atomic E-state index is 0.621. The lowest BCUT2D eigenvalue weighted by Gasteiger charge is -2.42. The van der Waals surface area contributed by atoms with E-state index in [1.165, 1.54) is 81.5 Å². The van der Waals surface area contributed by atoms with Crippen LogP contribution in [-0.4, -0.2) is 37.1 Å². The average molecular weight is 315 g/mol. The van der Waals surface area contributed by atoms with Gasteiger partial charge in [0, 0.05) is 31.4 Å². The van der Waals surface area contributed by atoms with Crippen molar-refractivity contribution in [3.8, 4) is 0 Å². The Balaban J connectivity index is 1.53. The molecule has 2 heteroatoms. The molecule has 1 atom stereocenters. The van der Waals surface area contributed by atoms with Crippen molar-refractivity contribution in [2.24, 2.45) is 5.92 Å². The summed E-state index contributed by atoms with van der Waals surface area (Å²) >= 11 is 0. The number of rotatable bonds is 4. The van der Waals surface area contributed by atoms with Crippen molar-refractivity contribution in [3.63, 3.8) is 0 Å². The Morgan fingerprint density at radius 2 is 1.83 bits per heavy atom. The van der Waals surface area contributed by atoms with Crippen LogP contribution >= 0.6 is 0 Å². The van der Waals surface area contributed by atoms with Gasteiger partial charge in [0.25, 0.3) is 0 Å². The van der Waals surface area contributed by atoms with E-state index in [4.69, 9.17) is 0 Å². The third-order valence-electron chi connectivity index (χ3n) is 6.18. The van der Waals surface area contributed by atoms with Crippen molar-refractivity contribution in [1.29, 1.82) is 0 Å². The van der Waals surface area contributed by atoms with Crippen LogP contribution in [0.15, 0.2) is 18.2 Å². The third kappa shape index (κ3) is 4.09. The molecule has 1 heterocycles. The molecule has 0 amide bonds. The molecule has 0 bridgehead atoms. The molecule has 2 fully saturated rings. The van der Waals surface area contributed by atoms with Gasteiger partial charge in [-0.2, -0.15) is 0 Å². The summed E-state index contributed by atoms with van der Waals surface area (Å²) in [4.78, 5) is 5.33. The second kappa shape index (κ2) is 7.70. The second-order valence-corrected chi connectivity index (χ2v) is 7.85. The van der Waals surface area contributed by atoms with Crippen molar-refractivity contribution < 1.29 is 0 Å². The molecule has 1 aromatic rings. The monoisotopic (exact) mass is 314 g/mol. The number of nitrogens with zero attached hydrogens (tertiary/aromatic N) is 2. The summed E-state index contributed by atoms with van der Waals surface area (Å²) in [5.41, 5.74) is 4.31. The summed E-state index contributed by atoms with van der Waals surface area (Å²) < 4.78 is 0. The predicted molar refractivity (Wildman–Crippen MR) is 100 cm³/mol. The van der Waals surface area contributed by atoms with E-state index in [0.717, 1.165) is 5.92 Å². The average Bonchev–Trinajstić information content (AvgIpc) is 2.57. The van der Waals surface area contributed by atoms with E-state index in [1.807, 2.05) is 0 Å². The highest BCUT2D eigenvalue weighted by molar-refractivity contribution is 5.57. The van der Waals surface area contributed by atoms with Crippen LogP contribution < -0.4 is 4.90 Å². The van der Waals surface area contributed by atoms with Crippen LogP contribution in [0, 0.1) is 19.8 Å². The summed E-state index contributed by atoms with van der Waals surface area (Å²) in [6.07, 6.45) is 8.82. The van der Waals surface area contributed by atoms with Gasteiger partial charge in [0.1, 0.15) is 0 Å². The third-order valence-corrected chi connectivity index (χ3v) is 6.18. The fourth-order valence-corrected chi connectivity index (χ4v) is 4.48. The van der Waals surface area contributed by atoms with Crippen LogP contribution in [0.1, 0.15) is 56.6 Å². The van der Waals surface area contributed by atoms with Crippen LogP contribution in [-0.2, 0) is 0 Å². The predicted octanol–water partition coefficient (Wildman–Crippen LogP) is 4.78. The first-order chi connectivity index (χ1) is 11.1. The van der Waals surface area contributed by atoms with Gasteiger partial charge in [-0.15, -0.1) is 0 Å². The summed E-state index contributed by atoms with van der Waals surface area (Å²) in [7, 11) is 0. The minimum absolute atomic E-state index is 0.621. The Morgan fingerprint density at radius 1 is 1.04 bits per heavy atom. The first-order valence-corrected chi connectivity index (χ1v) is 9.70. The number of hydrogen-bond donors (Lipinski definition) is 0. The molecule has 3 rings (SSSR count). The van der Waals surface area contributed by atoms with Gasteiger partial charge in [0.05, 0.1) is 0 Å². The quantitative estimate of drug-likeness (QED) is 0.789. The molecule has 0 radical (unpaired) electrons. The molecule has 0 spiro atoms. The van der Waals surface area contributed by atoms with Gasteiger partial charge >= 0.3 is 0 Å². The Bertz CT molecular complexity index is 505. The van der Waals surface area contributed by atoms with Crippen molar-refractivity contribution in [3.05, 3.63) is 29.3 Å². The Kier molecular flexibility index (Phi) is 5.63. The van der Waals surface area contributed by atoms with Crippen molar-refractivity contribution >= 4 is 5.69 Å². The highest BCUT2D eigenvalue weighted by atomic mass is 15.3. The number of benzene rings is 1. The minimum Gasteiger partial charge on any atom is -0.366 e. The molecular weight excluding hydrogens is 280 g/mol. The summed E-state index contributed by atoms with van der Waals surface area (Å²) in [5, 5.41) is 0. The molecule has 1 aliphatic carbocycles. The lowest BCUT2D eigenvalue weighted by atomic mass is 9.87. The molecule has 2 aliphatic rings. The largest absolute Gasteiger partial charge is 0.366 e. The molecule has 1 aliphatic heterocycles. The van der Waals surface area contributed by atoms with E-state index in [9.17, 15) is 0 Å². The first kappa shape index (κ1) is 16.8. The zero-order chi connectivity index (χ0) is 16.2. The molecule has 0 N–H and O–H groups in total. The van der Waals surface area contributed by atoms with E-state index in [-0.39, 0.29) is 0 Å². The van der Waals surface area contributed by atoms with Gasteiger partial charge in [-0.05, 0) is 56.8 Å². The maximum Gasteiger partial charge on any atom is 0.0401 e. The van der Waals surface area contributed by atoms with Crippen LogP contribution in [0.25, 0.3) is 0 Å². The zero-order valence-corrected chi connectivity index (χ0v) is 15.4. The molecule has 128 valence electrons. The molecule has 23 heavy (non-hydrogen) atoms. The summed E-state index contributed by atoms with van der Waals surface area (Å²) in [6, 6.07) is 7.36. The Hall–Kier alpha value is -1.02. The van der Waals surface area contributed by atoms with Gasteiger partial charge < -0.3 is 4.90 Å². The zero-order valence-electron chi connectivity index (χ0n) is 15.4. The van der Waals surface area contributed by atoms with Gasteiger partial charge in [-0.3, -0.25) is 4.90 Å². The van der Waals surface area contributed by atoms with Crippen molar-refractivity contribution in [1.82, 2.24) is 4.90 Å². The van der Waals surface area contributed by atoms with E-state index < -0.39 is 0 Å². The number of aryl methyl sites for hydroxylation is 1. The van der Waals surface area contributed by atoms with Crippen LogP contribution in [0.2, 0.25) is 0 Å². The summed E-state index contributed by atoms with van der Waals surface area (Å²) in [5.74, 6) is 1.01. The van der Waals surface area contributed by atoms with Gasteiger partial charge in [-0.1, -0.05) is 44.2 Å². The topological polar surface area (TPSA) is 6.48 Å². The SMILES string of the molecule is Cc1cccc(N2CCN(CCC3CCCCC3)CC2C)c1C. The molecule has 0 aromatic heterocycles. The summed E-state index contributed by atoms with van der Waals surface area (Å²) in [6.45, 7) is 11.8. The standard InChI is InChI=1S/C21H34N2/c1-17-8-7-11-21(19(17)3)23-15-14-22(16-18(23)2)13-12-20-9-5-4-6-10-20/h7-8,11,18,20H,4-6,9-10,12-16H2,1-3H3. The highest BCUT2D eigenvalue weighted by Gasteiger charge is 2.25. The molecule has 1 saturated heterocycles. The van der Waals surface area contributed by atoms with Gasteiger partial charge in [0.15, 0.2) is 0 Å². The van der Waals surface area contributed by atoms with E-state index in [2.05, 4.69) is 48.8 Å². The van der Waals surface area contributed by atoms with Crippen LogP contribution in [0.5, 0.6) is 0 Å². The lowest BCUT2D eigenvalue weighted by Crippen LogP contribution is -2.52. The smallest absolute Gasteiger partial charge is 0.0401 e. The number of anilines is 1. The molecular formula is C21H34N2. The molecule has 1 saturated carbocycles. The normalized spacial score (nSPS) is 24.1.